The van der Waals surface area contributed by atoms with Crippen LogP contribution in [0.4, 0.5) is 10.1 Å². The van der Waals surface area contributed by atoms with E-state index in [-0.39, 0.29) is 24.3 Å². The lowest BCUT2D eigenvalue weighted by atomic mass is 10.1. The van der Waals surface area contributed by atoms with Crippen LogP contribution in [0.15, 0.2) is 48.5 Å². The normalized spacial score (nSPS) is 12.2. The number of nitrogens with one attached hydrogen (secondary N) is 1. The lowest BCUT2D eigenvalue weighted by Crippen LogP contribution is -2.32. The molecule has 1 N–H and O–H groups in total. The summed E-state index contributed by atoms with van der Waals surface area (Å²) in [6.07, 6.45) is 0. The summed E-state index contributed by atoms with van der Waals surface area (Å²) in [4.78, 5) is 14.0. The summed E-state index contributed by atoms with van der Waals surface area (Å²) in [7, 11) is 1.86. The highest BCUT2D eigenvalue weighted by Gasteiger charge is 2.15. The molecule has 2 rings (SSSR count). The molecule has 0 bridgehead atoms. The van der Waals surface area contributed by atoms with Crippen molar-refractivity contribution in [2.24, 2.45) is 0 Å². The number of likely N-dealkylation sites (N-methyl/N-ethyl adjacent to an activating group) is 1. The first-order chi connectivity index (χ1) is 10.5. The minimum absolute atomic E-state index is 0.0107. The minimum atomic E-state index is -0.265. The number of anilines is 1. The van der Waals surface area contributed by atoms with Gasteiger partial charge in [0.05, 0.1) is 6.54 Å². The molecule has 0 aliphatic heterocycles. The van der Waals surface area contributed by atoms with Crippen LogP contribution in [0, 0.1) is 5.82 Å². The molecule has 0 saturated heterocycles. The molecule has 1 atom stereocenters. The van der Waals surface area contributed by atoms with E-state index in [2.05, 4.69) is 5.32 Å². The van der Waals surface area contributed by atoms with Gasteiger partial charge in [0.15, 0.2) is 0 Å². The zero-order chi connectivity index (χ0) is 16.1. The third-order valence-electron chi connectivity index (χ3n) is 3.53. The molecular weight excluding hydrogens is 303 g/mol. The number of amides is 1. The largest absolute Gasteiger partial charge is 0.325 e. The number of hydrogen-bond donors (Lipinski definition) is 1. The molecule has 1 amide bonds. The first-order valence-corrected chi connectivity index (χ1v) is 7.34. The molecule has 0 aromatic heterocycles. The van der Waals surface area contributed by atoms with Gasteiger partial charge in [-0.15, -0.1) is 0 Å². The fourth-order valence-electron chi connectivity index (χ4n) is 2.09. The van der Waals surface area contributed by atoms with Crippen molar-refractivity contribution >= 4 is 23.2 Å². The SMILES string of the molecule is C[C@@H](c1ccc(F)cc1)N(C)CC(=O)Nc1ccc(Cl)cc1. The van der Waals surface area contributed by atoms with E-state index in [9.17, 15) is 9.18 Å². The minimum Gasteiger partial charge on any atom is -0.325 e. The Morgan fingerprint density at radius 1 is 1.18 bits per heavy atom. The van der Waals surface area contributed by atoms with Crippen molar-refractivity contribution in [3.05, 3.63) is 64.9 Å². The number of halogens is 2. The molecule has 0 aliphatic carbocycles. The van der Waals surface area contributed by atoms with Crippen LogP contribution in [0.2, 0.25) is 5.02 Å². The molecule has 2 aromatic rings. The monoisotopic (exact) mass is 320 g/mol. The van der Waals surface area contributed by atoms with Gasteiger partial charge in [-0.05, 0) is 55.9 Å². The van der Waals surface area contributed by atoms with Crippen LogP contribution in [0.25, 0.3) is 0 Å². The van der Waals surface area contributed by atoms with Gasteiger partial charge >= 0.3 is 0 Å². The van der Waals surface area contributed by atoms with E-state index in [0.29, 0.717) is 10.7 Å². The van der Waals surface area contributed by atoms with Crippen molar-refractivity contribution < 1.29 is 9.18 Å². The van der Waals surface area contributed by atoms with Crippen LogP contribution in [0.1, 0.15) is 18.5 Å². The second kappa shape index (κ2) is 7.38. The Morgan fingerprint density at radius 2 is 1.77 bits per heavy atom. The van der Waals surface area contributed by atoms with Crippen molar-refractivity contribution in [3.8, 4) is 0 Å². The highest BCUT2D eigenvalue weighted by molar-refractivity contribution is 6.30. The number of rotatable bonds is 5. The van der Waals surface area contributed by atoms with Crippen LogP contribution in [-0.2, 0) is 4.79 Å². The Balaban J connectivity index is 1.92. The Hall–Kier alpha value is -1.91. The molecule has 0 fully saturated rings. The maximum absolute atomic E-state index is 12.9. The number of carbonyl (C=O) groups excluding carboxylic acids is 1. The number of benzene rings is 2. The molecule has 116 valence electrons. The van der Waals surface area contributed by atoms with E-state index in [1.54, 1.807) is 36.4 Å². The summed E-state index contributed by atoms with van der Waals surface area (Å²) < 4.78 is 12.9. The Bertz CT molecular complexity index is 628. The van der Waals surface area contributed by atoms with Gasteiger partial charge in [0, 0.05) is 16.8 Å². The standard InChI is InChI=1S/C17H18ClFN2O/c1-12(13-3-7-15(19)8-4-13)21(2)11-17(22)20-16-9-5-14(18)6-10-16/h3-10,12H,11H2,1-2H3,(H,20,22)/t12-/m0/s1. The van der Waals surface area contributed by atoms with E-state index >= 15 is 0 Å². The highest BCUT2D eigenvalue weighted by Crippen LogP contribution is 2.19. The quantitative estimate of drug-likeness (QED) is 0.899. The van der Waals surface area contributed by atoms with E-state index in [4.69, 9.17) is 11.6 Å². The van der Waals surface area contributed by atoms with Crippen LogP contribution >= 0.6 is 11.6 Å². The second-order valence-electron chi connectivity index (χ2n) is 5.20. The maximum Gasteiger partial charge on any atom is 0.238 e. The molecule has 0 saturated carbocycles. The van der Waals surface area contributed by atoms with Crippen molar-refractivity contribution in [1.82, 2.24) is 4.90 Å². The number of carbonyl (C=O) groups is 1. The molecule has 2 aromatic carbocycles. The van der Waals surface area contributed by atoms with Crippen LogP contribution < -0.4 is 5.32 Å². The van der Waals surface area contributed by atoms with Crippen molar-refractivity contribution in [2.75, 3.05) is 18.9 Å². The fraction of sp³-hybridized carbons (Fsp3) is 0.235. The Labute approximate surface area is 134 Å². The molecule has 0 unspecified atom stereocenters. The highest BCUT2D eigenvalue weighted by atomic mass is 35.5. The Kier molecular flexibility index (Phi) is 5.52. The molecule has 5 heteroatoms. The maximum atomic E-state index is 12.9. The average molecular weight is 321 g/mol. The van der Waals surface area contributed by atoms with Gasteiger partial charge < -0.3 is 5.32 Å². The molecular formula is C17H18ClFN2O. The van der Waals surface area contributed by atoms with Crippen molar-refractivity contribution in [3.63, 3.8) is 0 Å². The first-order valence-electron chi connectivity index (χ1n) is 6.97. The summed E-state index contributed by atoms with van der Waals surface area (Å²) in [6.45, 7) is 2.21. The van der Waals surface area contributed by atoms with Gasteiger partial charge in [0.1, 0.15) is 5.82 Å². The van der Waals surface area contributed by atoms with Crippen molar-refractivity contribution in [1.29, 1.82) is 0 Å². The fourth-order valence-corrected chi connectivity index (χ4v) is 2.22. The zero-order valence-corrected chi connectivity index (χ0v) is 13.3. The van der Waals surface area contributed by atoms with Crippen LogP contribution in [0.3, 0.4) is 0 Å². The van der Waals surface area contributed by atoms with Crippen molar-refractivity contribution in [2.45, 2.75) is 13.0 Å². The molecule has 3 nitrogen and oxygen atoms in total. The van der Waals surface area contributed by atoms with Gasteiger partial charge in [0.2, 0.25) is 5.91 Å². The zero-order valence-electron chi connectivity index (χ0n) is 12.5. The third kappa shape index (κ3) is 4.55. The molecule has 22 heavy (non-hydrogen) atoms. The summed E-state index contributed by atoms with van der Waals surface area (Å²) in [5, 5.41) is 3.44. The predicted octanol–water partition coefficient (Wildman–Crippen LogP) is 4.11. The van der Waals surface area contributed by atoms with E-state index < -0.39 is 0 Å². The van der Waals surface area contributed by atoms with Gasteiger partial charge in [-0.25, -0.2) is 4.39 Å². The molecule has 0 radical (unpaired) electrons. The van der Waals surface area contributed by atoms with E-state index in [1.807, 2.05) is 18.9 Å². The number of hydrogen-bond acceptors (Lipinski definition) is 2. The molecule has 0 spiro atoms. The van der Waals surface area contributed by atoms with E-state index in [1.165, 1.54) is 12.1 Å². The lowest BCUT2D eigenvalue weighted by molar-refractivity contribution is -0.117. The first kappa shape index (κ1) is 16.5. The molecule has 0 heterocycles. The van der Waals surface area contributed by atoms with Gasteiger partial charge in [-0.3, -0.25) is 9.69 Å². The summed E-state index contributed by atoms with van der Waals surface area (Å²) in [5.74, 6) is -0.377. The van der Waals surface area contributed by atoms with Crippen LogP contribution in [-0.4, -0.2) is 24.4 Å². The summed E-state index contributed by atoms with van der Waals surface area (Å²) >= 11 is 5.81. The summed E-state index contributed by atoms with van der Waals surface area (Å²) in [5.41, 5.74) is 1.67. The topological polar surface area (TPSA) is 32.3 Å². The predicted molar refractivity (Wildman–Crippen MR) is 87.5 cm³/mol. The second-order valence-corrected chi connectivity index (χ2v) is 5.63. The average Bonchev–Trinajstić information content (AvgIpc) is 2.49. The van der Waals surface area contributed by atoms with E-state index in [0.717, 1.165) is 5.56 Å². The molecule has 0 aliphatic rings. The smallest absolute Gasteiger partial charge is 0.238 e. The lowest BCUT2D eigenvalue weighted by Gasteiger charge is -2.24. The number of nitrogens with zero attached hydrogens (tertiary/aromatic N) is 1. The van der Waals surface area contributed by atoms with Gasteiger partial charge in [-0.2, -0.15) is 0 Å². The Morgan fingerprint density at radius 3 is 2.36 bits per heavy atom. The van der Waals surface area contributed by atoms with Gasteiger partial charge in [0.25, 0.3) is 0 Å². The summed E-state index contributed by atoms with van der Waals surface area (Å²) in [6, 6.07) is 13.3. The third-order valence-corrected chi connectivity index (χ3v) is 3.79. The van der Waals surface area contributed by atoms with Gasteiger partial charge in [-0.1, -0.05) is 23.7 Å². The van der Waals surface area contributed by atoms with Crippen LogP contribution in [0.5, 0.6) is 0 Å².